The van der Waals surface area contributed by atoms with Gasteiger partial charge in [-0.25, -0.2) is 0 Å². The third-order valence-electron chi connectivity index (χ3n) is 4.73. The number of carbonyl (C=O) groups excluding carboxylic acids is 1. The summed E-state index contributed by atoms with van der Waals surface area (Å²) in [5.74, 6) is 1.23. The number of hydrogen-bond donors (Lipinski definition) is 1. The molecule has 1 aliphatic heterocycles. The van der Waals surface area contributed by atoms with Crippen molar-refractivity contribution in [2.45, 2.75) is 57.9 Å². The minimum absolute atomic E-state index is 0.0159. The second-order valence-electron chi connectivity index (χ2n) is 6.03. The van der Waals surface area contributed by atoms with Gasteiger partial charge in [0.25, 0.3) is 0 Å². The molecule has 3 nitrogen and oxygen atoms in total. The minimum atomic E-state index is 0.0159. The Morgan fingerprint density at radius 3 is 3.00 bits per heavy atom. The van der Waals surface area contributed by atoms with Gasteiger partial charge in [-0.1, -0.05) is 26.7 Å². The number of amides is 1. The van der Waals surface area contributed by atoms with Crippen LogP contribution in [0, 0.1) is 11.8 Å². The smallest absolute Gasteiger partial charge is 0.225 e. The van der Waals surface area contributed by atoms with Crippen LogP contribution in [-0.2, 0) is 4.79 Å². The van der Waals surface area contributed by atoms with E-state index in [4.69, 9.17) is 5.73 Å². The molecule has 3 heteroatoms. The van der Waals surface area contributed by atoms with Crippen LogP contribution < -0.4 is 5.73 Å². The molecule has 0 spiro atoms. The van der Waals surface area contributed by atoms with Crippen molar-refractivity contribution in [2.75, 3.05) is 13.1 Å². The first-order valence-corrected chi connectivity index (χ1v) is 7.14. The Balaban J connectivity index is 2.12. The van der Waals surface area contributed by atoms with Gasteiger partial charge in [0.05, 0.1) is 5.54 Å². The number of carbonyl (C=O) groups is 1. The van der Waals surface area contributed by atoms with E-state index in [1.54, 1.807) is 0 Å². The summed E-state index contributed by atoms with van der Waals surface area (Å²) in [6.07, 6.45) is 6.88. The summed E-state index contributed by atoms with van der Waals surface area (Å²) in [6, 6.07) is 0. The number of rotatable bonds is 4. The summed E-state index contributed by atoms with van der Waals surface area (Å²) < 4.78 is 0. The SMILES string of the molecule is CCCC(C)C(=O)N1CC2CCCC1(CN)C2. The van der Waals surface area contributed by atoms with Crippen molar-refractivity contribution in [1.82, 2.24) is 4.90 Å². The van der Waals surface area contributed by atoms with Gasteiger partial charge < -0.3 is 10.6 Å². The summed E-state index contributed by atoms with van der Waals surface area (Å²) >= 11 is 0. The van der Waals surface area contributed by atoms with Crippen LogP contribution in [0.25, 0.3) is 0 Å². The average molecular weight is 238 g/mol. The van der Waals surface area contributed by atoms with Crippen LogP contribution in [0.3, 0.4) is 0 Å². The summed E-state index contributed by atoms with van der Waals surface area (Å²) in [4.78, 5) is 14.7. The van der Waals surface area contributed by atoms with E-state index in [1.807, 2.05) is 0 Å². The monoisotopic (exact) mass is 238 g/mol. The molecule has 1 saturated carbocycles. The van der Waals surface area contributed by atoms with Crippen LogP contribution in [-0.4, -0.2) is 29.4 Å². The van der Waals surface area contributed by atoms with Crippen molar-refractivity contribution in [3.05, 3.63) is 0 Å². The molecule has 0 aromatic carbocycles. The summed E-state index contributed by atoms with van der Waals surface area (Å²) in [6.45, 7) is 5.82. The van der Waals surface area contributed by atoms with Gasteiger partial charge in [0.2, 0.25) is 5.91 Å². The standard InChI is InChI=1S/C14H26N2O/c1-3-5-11(2)13(17)16-9-12-6-4-7-14(16,8-12)10-15/h11-12H,3-10,15H2,1-2H3. The lowest BCUT2D eigenvalue weighted by molar-refractivity contribution is -0.139. The molecule has 2 bridgehead atoms. The number of fused-ring (bicyclic) bond motifs is 2. The Morgan fingerprint density at radius 2 is 2.35 bits per heavy atom. The van der Waals surface area contributed by atoms with Gasteiger partial charge in [-0.05, 0) is 31.6 Å². The molecule has 3 atom stereocenters. The van der Waals surface area contributed by atoms with E-state index in [-0.39, 0.29) is 11.5 Å². The lowest BCUT2D eigenvalue weighted by Gasteiger charge is -2.40. The van der Waals surface area contributed by atoms with Crippen molar-refractivity contribution in [2.24, 2.45) is 17.6 Å². The molecule has 0 aromatic rings. The molecule has 1 amide bonds. The van der Waals surface area contributed by atoms with Crippen LogP contribution >= 0.6 is 0 Å². The largest absolute Gasteiger partial charge is 0.335 e. The summed E-state index contributed by atoms with van der Waals surface area (Å²) in [5, 5.41) is 0. The average Bonchev–Trinajstić information content (AvgIpc) is 2.60. The van der Waals surface area contributed by atoms with Crippen molar-refractivity contribution in [1.29, 1.82) is 0 Å². The third-order valence-corrected chi connectivity index (χ3v) is 4.73. The molecular formula is C14H26N2O. The van der Waals surface area contributed by atoms with Gasteiger partial charge in [0, 0.05) is 19.0 Å². The number of hydrogen-bond acceptors (Lipinski definition) is 2. The first-order chi connectivity index (χ1) is 8.13. The molecule has 1 heterocycles. The lowest BCUT2D eigenvalue weighted by Crippen LogP contribution is -2.53. The number of nitrogens with two attached hydrogens (primary N) is 1. The molecule has 1 aliphatic carbocycles. The molecule has 0 aromatic heterocycles. The highest BCUT2D eigenvalue weighted by atomic mass is 16.2. The highest BCUT2D eigenvalue weighted by molar-refractivity contribution is 5.79. The Morgan fingerprint density at radius 1 is 1.59 bits per heavy atom. The van der Waals surface area contributed by atoms with E-state index in [2.05, 4.69) is 18.7 Å². The van der Waals surface area contributed by atoms with Crippen molar-refractivity contribution in [3.8, 4) is 0 Å². The molecule has 0 radical (unpaired) electrons. The maximum absolute atomic E-state index is 12.5. The Hall–Kier alpha value is -0.570. The van der Waals surface area contributed by atoms with Crippen molar-refractivity contribution < 1.29 is 4.79 Å². The van der Waals surface area contributed by atoms with Crippen LogP contribution in [0.2, 0.25) is 0 Å². The molecule has 2 fully saturated rings. The maximum atomic E-state index is 12.5. The zero-order chi connectivity index (χ0) is 12.5. The molecule has 98 valence electrons. The lowest BCUT2D eigenvalue weighted by atomic mass is 9.79. The van der Waals surface area contributed by atoms with Gasteiger partial charge in [-0.3, -0.25) is 4.79 Å². The molecule has 2 aliphatic rings. The summed E-state index contributed by atoms with van der Waals surface area (Å²) in [5.41, 5.74) is 6.00. The van der Waals surface area contributed by atoms with E-state index in [0.29, 0.717) is 18.4 Å². The molecule has 2 N–H and O–H groups in total. The van der Waals surface area contributed by atoms with Gasteiger partial charge >= 0.3 is 0 Å². The van der Waals surface area contributed by atoms with E-state index < -0.39 is 0 Å². The van der Waals surface area contributed by atoms with Crippen LogP contribution in [0.1, 0.15) is 52.4 Å². The Bertz CT molecular complexity index is 292. The van der Waals surface area contributed by atoms with E-state index in [9.17, 15) is 4.79 Å². The van der Waals surface area contributed by atoms with Crippen molar-refractivity contribution >= 4 is 5.91 Å². The molecule has 3 unspecified atom stereocenters. The number of nitrogens with zero attached hydrogens (tertiary/aromatic N) is 1. The predicted molar refractivity (Wildman–Crippen MR) is 69.5 cm³/mol. The second kappa shape index (κ2) is 4.97. The van der Waals surface area contributed by atoms with Crippen LogP contribution in [0.5, 0.6) is 0 Å². The Labute approximate surface area is 105 Å². The first-order valence-electron chi connectivity index (χ1n) is 7.14. The first kappa shape index (κ1) is 12.9. The van der Waals surface area contributed by atoms with Crippen LogP contribution in [0.15, 0.2) is 0 Å². The Kier molecular flexibility index (Phi) is 3.76. The topological polar surface area (TPSA) is 46.3 Å². The minimum Gasteiger partial charge on any atom is -0.335 e. The quantitative estimate of drug-likeness (QED) is 0.815. The molecule has 1 saturated heterocycles. The maximum Gasteiger partial charge on any atom is 0.225 e. The highest BCUT2D eigenvalue weighted by Gasteiger charge is 2.49. The van der Waals surface area contributed by atoms with Gasteiger partial charge in [-0.15, -0.1) is 0 Å². The zero-order valence-electron chi connectivity index (χ0n) is 11.2. The van der Waals surface area contributed by atoms with Crippen molar-refractivity contribution in [3.63, 3.8) is 0 Å². The van der Waals surface area contributed by atoms with E-state index >= 15 is 0 Å². The van der Waals surface area contributed by atoms with Gasteiger partial charge in [0.15, 0.2) is 0 Å². The van der Waals surface area contributed by atoms with E-state index in [0.717, 1.165) is 32.2 Å². The molecule has 17 heavy (non-hydrogen) atoms. The molecular weight excluding hydrogens is 212 g/mol. The number of likely N-dealkylation sites (tertiary alicyclic amines) is 1. The second-order valence-corrected chi connectivity index (χ2v) is 6.03. The summed E-state index contributed by atoms with van der Waals surface area (Å²) in [7, 11) is 0. The normalized spacial score (nSPS) is 33.8. The highest BCUT2D eigenvalue weighted by Crippen LogP contribution is 2.44. The van der Waals surface area contributed by atoms with Crippen LogP contribution in [0.4, 0.5) is 0 Å². The van der Waals surface area contributed by atoms with Gasteiger partial charge in [0.1, 0.15) is 0 Å². The van der Waals surface area contributed by atoms with Gasteiger partial charge in [-0.2, -0.15) is 0 Å². The predicted octanol–water partition coefficient (Wildman–Crippen LogP) is 2.15. The fraction of sp³-hybridized carbons (Fsp3) is 0.929. The third kappa shape index (κ3) is 2.22. The molecule has 2 rings (SSSR count). The fourth-order valence-electron chi connectivity index (χ4n) is 3.76. The fourth-order valence-corrected chi connectivity index (χ4v) is 3.76. The van der Waals surface area contributed by atoms with E-state index in [1.165, 1.54) is 12.8 Å². The zero-order valence-corrected chi connectivity index (χ0v) is 11.2.